The van der Waals surface area contributed by atoms with E-state index in [9.17, 15) is 0 Å². The number of rotatable bonds is 4. The van der Waals surface area contributed by atoms with Crippen LogP contribution in [0, 0.1) is 0 Å². The smallest absolute Gasteiger partial charge is 0.0961 e. The summed E-state index contributed by atoms with van der Waals surface area (Å²) in [6.45, 7) is 11.9. The highest BCUT2D eigenvalue weighted by molar-refractivity contribution is 4.32. The fourth-order valence-electron chi connectivity index (χ4n) is 0.351. The number of nitrogens with one attached hydrogen (secondary N) is 1. The summed E-state index contributed by atoms with van der Waals surface area (Å²) in [5.41, 5.74) is 0. The molecule has 0 rings (SSSR count). The molecule has 0 aromatic carbocycles. The van der Waals surface area contributed by atoms with Crippen LogP contribution in [0.25, 0.3) is 0 Å². The predicted molar refractivity (Wildman–Crippen MR) is 52.9 cm³/mol. The number of hydrogen-bond donors (Lipinski definition) is 1. The maximum atomic E-state index is 4.73. The Hall–Kier alpha value is -0.0800. The molecule has 0 saturated carbocycles. The first kappa shape index (κ1) is 17.1. The van der Waals surface area contributed by atoms with Gasteiger partial charge in [0.15, 0.2) is 0 Å². The fourth-order valence-corrected chi connectivity index (χ4v) is 0.351. The molecule has 0 atom stereocenters. The Balaban J connectivity index is -0.000000138. The first-order valence-corrected chi connectivity index (χ1v) is 4.61. The van der Waals surface area contributed by atoms with Gasteiger partial charge in [-0.05, 0) is 13.0 Å². The summed E-state index contributed by atoms with van der Waals surface area (Å²) in [5, 5.41) is 3.06. The zero-order chi connectivity index (χ0) is 9.54. The van der Waals surface area contributed by atoms with Crippen LogP contribution >= 0.6 is 0 Å². The molecule has 0 amide bonds. The van der Waals surface area contributed by atoms with Crippen LogP contribution < -0.4 is 5.32 Å². The topological polar surface area (TPSA) is 21.3 Å². The van der Waals surface area contributed by atoms with Crippen molar-refractivity contribution in [3.05, 3.63) is 0 Å². The minimum Gasteiger partial charge on any atom is -0.370 e. The first-order valence-electron chi connectivity index (χ1n) is 4.61. The van der Waals surface area contributed by atoms with Crippen molar-refractivity contribution >= 4 is 0 Å². The highest BCUT2D eigenvalue weighted by atomic mass is 16.5. The molecule has 0 heterocycles. The maximum absolute atomic E-state index is 4.73. The van der Waals surface area contributed by atoms with Gasteiger partial charge in [-0.3, -0.25) is 5.32 Å². The van der Waals surface area contributed by atoms with Crippen LogP contribution in [0.4, 0.5) is 0 Å². The summed E-state index contributed by atoms with van der Waals surface area (Å²) < 4.78 is 4.73. The van der Waals surface area contributed by atoms with Gasteiger partial charge in [0.05, 0.1) is 6.73 Å². The second-order valence-electron chi connectivity index (χ2n) is 1.43. The third-order valence-corrected chi connectivity index (χ3v) is 0.673. The van der Waals surface area contributed by atoms with Crippen molar-refractivity contribution in [1.29, 1.82) is 0 Å². The lowest BCUT2D eigenvalue weighted by atomic mass is 10.5. The van der Waals surface area contributed by atoms with Crippen molar-refractivity contribution in [2.75, 3.05) is 20.4 Å². The Morgan fingerprint density at radius 3 is 1.82 bits per heavy atom. The molecular formula is C9H25NO. The van der Waals surface area contributed by atoms with Crippen LogP contribution in [0.15, 0.2) is 0 Å². The van der Waals surface area contributed by atoms with Gasteiger partial charge in [0.2, 0.25) is 0 Å². The lowest BCUT2D eigenvalue weighted by molar-refractivity contribution is 0.176. The van der Waals surface area contributed by atoms with Crippen LogP contribution in [0.5, 0.6) is 0 Å². The van der Waals surface area contributed by atoms with Gasteiger partial charge in [0.25, 0.3) is 0 Å². The highest BCUT2D eigenvalue weighted by Crippen LogP contribution is 1.67. The third-order valence-electron chi connectivity index (χ3n) is 0.673. The average Bonchev–Trinajstić information content (AvgIpc) is 2.13. The Kier molecular flexibility index (Phi) is 50.8. The quantitative estimate of drug-likeness (QED) is 0.508. The van der Waals surface area contributed by atoms with Crippen LogP contribution in [0.1, 0.15) is 41.0 Å². The van der Waals surface area contributed by atoms with Gasteiger partial charge in [-0.2, -0.15) is 0 Å². The van der Waals surface area contributed by atoms with Crippen molar-refractivity contribution in [3.8, 4) is 0 Å². The molecule has 0 aromatic rings. The Labute approximate surface area is 72.3 Å². The second-order valence-corrected chi connectivity index (χ2v) is 1.43. The molecule has 0 aliphatic carbocycles. The van der Waals surface area contributed by atoms with E-state index in [0.29, 0.717) is 6.73 Å². The predicted octanol–water partition coefficient (Wildman–Crippen LogP) is 2.64. The summed E-state index contributed by atoms with van der Waals surface area (Å²) >= 11 is 0. The first-order chi connectivity index (χ1) is 5.41. The van der Waals surface area contributed by atoms with Crippen molar-refractivity contribution in [2.45, 2.75) is 41.0 Å². The molecule has 0 aromatic heterocycles. The molecule has 0 radical (unpaired) electrons. The number of ether oxygens (including phenoxy) is 1. The summed E-state index contributed by atoms with van der Waals surface area (Å²) in [5.74, 6) is 0. The molecule has 11 heavy (non-hydrogen) atoms. The van der Waals surface area contributed by atoms with Crippen LogP contribution in [-0.4, -0.2) is 20.4 Å². The van der Waals surface area contributed by atoms with Crippen molar-refractivity contribution in [1.82, 2.24) is 5.32 Å². The number of methoxy groups -OCH3 is 1. The summed E-state index contributed by atoms with van der Waals surface area (Å²) in [6, 6.07) is 0. The van der Waals surface area contributed by atoms with Gasteiger partial charge in [-0.25, -0.2) is 0 Å². The van der Waals surface area contributed by atoms with Gasteiger partial charge in [0.1, 0.15) is 0 Å². The summed E-state index contributed by atoms with van der Waals surface area (Å²) in [4.78, 5) is 0. The van der Waals surface area contributed by atoms with E-state index in [-0.39, 0.29) is 0 Å². The maximum Gasteiger partial charge on any atom is 0.0961 e. The highest BCUT2D eigenvalue weighted by Gasteiger charge is 1.76. The SMILES string of the molecule is CC.CC.CCCNCOC. The van der Waals surface area contributed by atoms with Gasteiger partial charge in [-0.15, -0.1) is 0 Å². The Morgan fingerprint density at radius 2 is 1.55 bits per heavy atom. The van der Waals surface area contributed by atoms with Crippen molar-refractivity contribution in [2.24, 2.45) is 0 Å². The average molecular weight is 163 g/mol. The molecule has 72 valence electrons. The molecule has 0 fully saturated rings. The van der Waals surface area contributed by atoms with E-state index in [2.05, 4.69) is 12.2 Å². The fraction of sp³-hybridized carbons (Fsp3) is 1.00. The third kappa shape index (κ3) is 40.5. The van der Waals surface area contributed by atoms with Gasteiger partial charge < -0.3 is 4.74 Å². The lowest BCUT2D eigenvalue weighted by Gasteiger charge is -1.97. The lowest BCUT2D eigenvalue weighted by Crippen LogP contribution is -2.16. The molecule has 0 saturated heterocycles. The van der Waals surface area contributed by atoms with E-state index in [1.54, 1.807) is 7.11 Å². The molecular weight excluding hydrogens is 138 g/mol. The molecule has 0 unspecified atom stereocenters. The van der Waals surface area contributed by atoms with Crippen LogP contribution in [0.3, 0.4) is 0 Å². The minimum atomic E-state index is 0.674. The van der Waals surface area contributed by atoms with Crippen LogP contribution in [-0.2, 0) is 4.74 Å². The van der Waals surface area contributed by atoms with Gasteiger partial charge in [0, 0.05) is 7.11 Å². The molecule has 0 aliphatic heterocycles. The Morgan fingerprint density at radius 1 is 1.09 bits per heavy atom. The van der Waals surface area contributed by atoms with E-state index in [1.165, 1.54) is 6.42 Å². The molecule has 0 spiro atoms. The molecule has 1 N–H and O–H groups in total. The van der Waals surface area contributed by atoms with E-state index in [4.69, 9.17) is 4.74 Å². The molecule has 2 nitrogen and oxygen atoms in total. The van der Waals surface area contributed by atoms with Crippen molar-refractivity contribution < 1.29 is 4.74 Å². The van der Waals surface area contributed by atoms with E-state index in [0.717, 1.165) is 6.54 Å². The number of hydrogen-bond acceptors (Lipinski definition) is 2. The zero-order valence-electron chi connectivity index (χ0n) is 9.03. The van der Waals surface area contributed by atoms with E-state index < -0.39 is 0 Å². The van der Waals surface area contributed by atoms with Gasteiger partial charge in [-0.1, -0.05) is 34.6 Å². The molecule has 2 heteroatoms. The van der Waals surface area contributed by atoms with Gasteiger partial charge >= 0.3 is 0 Å². The van der Waals surface area contributed by atoms with Crippen molar-refractivity contribution in [3.63, 3.8) is 0 Å². The largest absolute Gasteiger partial charge is 0.370 e. The normalized spacial score (nSPS) is 7.09. The van der Waals surface area contributed by atoms with E-state index >= 15 is 0 Å². The van der Waals surface area contributed by atoms with Crippen LogP contribution in [0.2, 0.25) is 0 Å². The minimum absolute atomic E-state index is 0.674. The zero-order valence-corrected chi connectivity index (χ0v) is 9.03. The monoisotopic (exact) mass is 163 g/mol. The Bertz CT molecular complexity index is 28.7. The molecule has 0 bridgehead atoms. The standard InChI is InChI=1S/C5H13NO.2C2H6/c1-3-4-6-5-7-2;2*1-2/h6H,3-5H2,1-2H3;2*1-2H3. The molecule has 0 aliphatic rings. The summed E-state index contributed by atoms with van der Waals surface area (Å²) in [6.07, 6.45) is 1.17. The second kappa shape index (κ2) is 32.6. The summed E-state index contributed by atoms with van der Waals surface area (Å²) in [7, 11) is 1.68. The van der Waals surface area contributed by atoms with E-state index in [1.807, 2.05) is 27.7 Å².